The average Bonchev–Trinajstić information content (AvgIpc) is 3.17. The van der Waals surface area contributed by atoms with Crippen molar-refractivity contribution in [1.29, 1.82) is 0 Å². The zero-order valence-electron chi connectivity index (χ0n) is 16.4. The summed E-state index contributed by atoms with van der Waals surface area (Å²) < 4.78 is 7.92. The van der Waals surface area contributed by atoms with Crippen molar-refractivity contribution in [3.63, 3.8) is 0 Å². The van der Waals surface area contributed by atoms with Gasteiger partial charge in [0.25, 0.3) is 5.91 Å². The van der Waals surface area contributed by atoms with Gasteiger partial charge >= 0.3 is 0 Å². The van der Waals surface area contributed by atoms with E-state index in [9.17, 15) is 4.79 Å². The van der Waals surface area contributed by atoms with Crippen LogP contribution in [0.5, 0.6) is 5.75 Å². The van der Waals surface area contributed by atoms with E-state index >= 15 is 0 Å². The first-order valence-corrected chi connectivity index (χ1v) is 11.6. The number of halogens is 1. The highest BCUT2D eigenvalue weighted by Crippen LogP contribution is 2.31. The summed E-state index contributed by atoms with van der Waals surface area (Å²) in [6, 6.07) is 13.7. The SMILES string of the molecule is CCCCOc1ccc(C(=O)N2CCN(c3nc4ccc(Br)cc4s3)CC2)cc1. The van der Waals surface area contributed by atoms with E-state index in [0.717, 1.165) is 46.8 Å². The Hall–Kier alpha value is -2.12. The number of unbranched alkanes of at least 4 members (excludes halogenated alkanes) is 1. The molecule has 2 heterocycles. The van der Waals surface area contributed by atoms with Crippen molar-refractivity contribution in [2.24, 2.45) is 0 Å². The van der Waals surface area contributed by atoms with Gasteiger partial charge in [0.05, 0.1) is 16.8 Å². The van der Waals surface area contributed by atoms with E-state index < -0.39 is 0 Å². The Bertz CT molecular complexity index is 981. The molecule has 5 nitrogen and oxygen atoms in total. The molecule has 1 amide bonds. The lowest BCUT2D eigenvalue weighted by Crippen LogP contribution is -2.48. The smallest absolute Gasteiger partial charge is 0.253 e. The number of carbonyl (C=O) groups is 1. The number of carbonyl (C=O) groups excluding carboxylic acids is 1. The Morgan fingerprint density at radius 2 is 1.90 bits per heavy atom. The number of fused-ring (bicyclic) bond motifs is 1. The largest absolute Gasteiger partial charge is 0.494 e. The van der Waals surface area contributed by atoms with Crippen LogP contribution >= 0.6 is 27.3 Å². The number of ether oxygens (including phenoxy) is 1. The number of rotatable bonds is 6. The van der Waals surface area contributed by atoms with E-state index in [1.165, 1.54) is 4.70 Å². The normalized spacial score (nSPS) is 14.4. The molecule has 0 saturated carbocycles. The van der Waals surface area contributed by atoms with Crippen molar-refractivity contribution in [2.45, 2.75) is 19.8 Å². The van der Waals surface area contributed by atoms with E-state index in [0.29, 0.717) is 25.3 Å². The van der Waals surface area contributed by atoms with Gasteiger partial charge in [0, 0.05) is 36.2 Å². The second kappa shape index (κ2) is 9.13. The molecule has 1 aliphatic rings. The number of aromatic nitrogens is 1. The van der Waals surface area contributed by atoms with Gasteiger partial charge in [-0.05, 0) is 48.9 Å². The second-order valence-electron chi connectivity index (χ2n) is 7.11. The van der Waals surface area contributed by atoms with E-state index in [4.69, 9.17) is 9.72 Å². The first-order valence-electron chi connectivity index (χ1n) is 9.97. The molecule has 1 fully saturated rings. The molecular formula is C22H24BrN3O2S. The molecule has 1 saturated heterocycles. The molecule has 0 unspecified atom stereocenters. The summed E-state index contributed by atoms with van der Waals surface area (Å²) in [7, 11) is 0. The maximum Gasteiger partial charge on any atom is 0.253 e. The van der Waals surface area contributed by atoms with Gasteiger partial charge in [0.1, 0.15) is 5.75 Å². The van der Waals surface area contributed by atoms with Crippen molar-refractivity contribution in [2.75, 3.05) is 37.7 Å². The van der Waals surface area contributed by atoms with Crippen LogP contribution in [0, 0.1) is 0 Å². The molecule has 0 spiro atoms. The molecule has 0 atom stereocenters. The fraction of sp³-hybridized carbons (Fsp3) is 0.364. The van der Waals surface area contributed by atoms with E-state index in [-0.39, 0.29) is 5.91 Å². The zero-order chi connectivity index (χ0) is 20.2. The number of amides is 1. The maximum absolute atomic E-state index is 12.8. The number of piperazine rings is 1. The van der Waals surface area contributed by atoms with Crippen molar-refractivity contribution < 1.29 is 9.53 Å². The summed E-state index contributed by atoms with van der Waals surface area (Å²) in [5, 5.41) is 1.03. The molecule has 2 aromatic carbocycles. The third kappa shape index (κ3) is 4.73. The summed E-state index contributed by atoms with van der Waals surface area (Å²) in [5.41, 5.74) is 1.74. The van der Waals surface area contributed by atoms with Crippen LogP contribution in [-0.2, 0) is 0 Å². The molecule has 29 heavy (non-hydrogen) atoms. The fourth-order valence-electron chi connectivity index (χ4n) is 3.33. The van der Waals surface area contributed by atoms with Gasteiger partial charge in [-0.2, -0.15) is 0 Å². The lowest BCUT2D eigenvalue weighted by Gasteiger charge is -2.34. The predicted molar refractivity (Wildman–Crippen MR) is 122 cm³/mol. The van der Waals surface area contributed by atoms with E-state index in [1.807, 2.05) is 41.3 Å². The summed E-state index contributed by atoms with van der Waals surface area (Å²) in [6.07, 6.45) is 2.15. The van der Waals surface area contributed by atoms with Crippen LogP contribution in [0.15, 0.2) is 46.9 Å². The molecule has 3 aromatic rings. The Morgan fingerprint density at radius 1 is 1.14 bits per heavy atom. The average molecular weight is 474 g/mol. The Kier molecular flexibility index (Phi) is 6.35. The Balaban J connectivity index is 1.35. The van der Waals surface area contributed by atoms with Crippen LogP contribution in [0.1, 0.15) is 30.1 Å². The summed E-state index contributed by atoms with van der Waals surface area (Å²) >= 11 is 5.22. The van der Waals surface area contributed by atoms with Gasteiger partial charge in [-0.1, -0.05) is 40.6 Å². The first kappa shape index (κ1) is 20.2. The molecule has 152 valence electrons. The lowest BCUT2D eigenvalue weighted by atomic mass is 10.1. The van der Waals surface area contributed by atoms with Crippen LogP contribution < -0.4 is 9.64 Å². The molecule has 1 aromatic heterocycles. The molecule has 7 heteroatoms. The predicted octanol–water partition coefficient (Wildman–Crippen LogP) is 5.20. The second-order valence-corrected chi connectivity index (χ2v) is 9.04. The number of hydrogen-bond acceptors (Lipinski definition) is 5. The number of nitrogens with zero attached hydrogens (tertiary/aromatic N) is 3. The molecule has 0 N–H and O–H groups in total. The van der Waals surface area contributed by atoms with Gasteiger partial charge in [0.15, 0.2) is 5.13 Å². The summed E-state index contributed by atoms with van der Waals surface area (Å²) in [5.74, 6) is 0.903. The third-order valence-electron chi connectivity index (χ3n) is 5.04. The monoisotopic (exact) mass is 473 g/mol. The van der Waals surface area contributed by atoms with Crippen LogP contribution in [0.3, 0.4) is 0 Å². The molecule has 0 radical (unpaired) electrons. The number of benzene rings is 2. The van der Waals surface area contributed by atoms with Crippen molar-refractivity contribution in [3.8, 4) is 5.75 Å². The van der Waals surface area contributed by atoms with E-state index in [2.05, 4.69) is 33.8 Å². The molecule has 4 rings (SSSR count). The minimum atomic E-state index is 0.0815. The van der Waals surface area contributed by atoms with Crippen molar-refractivity contribution in [1.82, 2.24) is 9.88 Å². The number of anilines is 1. The fourth-order valence-corrected chi connectivity index (χ4v) is 4.90. The van der Waals surface area contributed by atoms with Crippen molar-refractivity contribution >= 4 is 48.5 Å². The number of thiazole rings is 1. The lowest BCUT2D eigenvalue weighted by molar-refractivity contribution is 0.0746. The summed E-state index contributed by atoms with van der Waals surface area (Å²) in [4.78, 5) is 21.8. The Morgan fingerprint density at radius 3 is 2.62 bits per heavy atom. The number of hydrogen-bond donors (Lipinski definition) is 0. The quantitative estimate of drug-likeness (QED) is 0.461. The highest BCUT2D eigenvalue weighted by atomic mass is 79.9. The van der Waals surface area contributed by atoms with Crippen LogP contribution in [0.25, 0.3) is 10.2 Å². The Labute approximate surface area is 183 Å². The van der Waals surface area contributed by atoms with Gasteiger partial charge in [-0.15, -0.1) is 0 Å². The topological polar surface area (TPSA) is 45.7 Å². The third-order valence-corrected chi connectivity index (χ3v) is 6.62. The van der Waals surface area contributed by atoms with E-state index in [1.54, 1.807) is 11.3 Å². The first-order chi connectivity index (χ1) is 14.1. The maximum atomic E-state index is 12.8. The standard InChI is InChI=1S/C22H24BrN3O2S/c1-2-3-14-28-18-7-4-16(5-8-18)21(27)25-10-12-26(13-11-25)22-24-19-9-6-17(23)15-20(19)29-22/h4-9,15H,2-3,10-14H2,1H3. The molecular weight excluding hydrogens is 450 g/mol. The molecule has 1 aliphatic heterocycles. The van der Waals surface area contributed by atoms with Crippen molar-refractivity contribution in [3.05, 3.63) is 52.5 Å². The van der Waals surface area contributed by atoms with Crippen LogP contribution in [0.4, 0.5) is 5.13 Å². The highest BCUT2D eigenvalue weighted by molar-refractivity contribution is 9.10. The van der Waals surface area contributed by atoms with Gasteiger partial charge < -0.3 is 14.5 Å². The molecule has 0 bridgehead atoms. The highest BCUT2D eigenvalue weighted by Gasteiger charge is 2.24. The minimum absolute atomic E-state index is 0.0815. The van der Waals surface area contributed by atoms with Crippen LogP contribution in [0.2, 0.25) is 0 Å². The van der Waals surface area contributed by atoms with Gasteiger partial charge in [-0.25, -0.2) is 4.98 Å². The van der Waals surface area contributed by atoms with Gasteiger partial charge in [-0.3, -0.25) is 4.79 Å². The summed E-state index contributed by atoms with van der Waals surface area (Å²) in [6.45, 7) is 5.85. The van der Waals surface area contributed by atoms with Crippen LogP contribution in [-0.4, -0.2) is 48.6 Å². The zero-order valence-corrected chi connectivity index (χ0v) is 18.8. The van der Waals surface area contributed by atoms with Gasteiger partial charge in [0.2, 0.25) is 0 Å². The minimum Gasteiger partial charge on any atom is -0.494 e. The molecule has 0 aliphatic carbocycles.